The molecule has 0 atom stereocenters. The van der Waals surface area contributed by atoms with E-state index in [0.717, 1.165) is 0 Å². The second kappa shape index (κ2) is 4.35. The molecule has 1 N–H and O–H groups in total. The topological polar surface area (TPSA) is 20.2 Å². The highest BCUT2D eigenvalue weighted by Gasteiger charge is 2.27. The maximum atomic E-state index is 9.95. The molecule has 1 nitrogen and oxygen atoms in total. The SMILES string of the molecule is C=CCC(O)(CC=C)C(C)C. The van der Waals surface area contributed by atoms with Crippen LogP contribution in [0.5, 0.6) is 0 Å². The van der Waals surface area contributed by atoms with Gasteiger partial charge in [0.2, 0.25) is 0 Å². The largest absolute Gasteiger partial charge is 0.389 e. The third kappa shape index (κ3) is 2.89. The summed E-state index contributed by atoms with van der Waals surface area (Å²) in [7, 11) is 0. The Bertz CT molecular complexity index is 126. The first-order valence-corrected chi connectivity index (χ1v) is 4.01. The highest BCUT2D eigenvalue weighted by Crippen LogP contribution is 2.25. The average Bonchev–Trinajstić information content (AvgIpc) is 1.88. The Morgan fingerprint density at radius 3 is 1.82 bits per heavy atom. The Hall–Kier alpha value is -0.560. The third-order valence-corrected chi connectivity index (χ3v) is 2.07. The van der Waals surface area contributed by atoms with Gasteiger partial charge in [-0.25, -0.2) is 0 Å². The Balaban J connectivity index is 4.23. The van der Waals surface area contributed by atoms with Crippen molar-refractivity contribution in [3.63, 3.8) is 0 Å². The van der Waals surface area contributed by atoms with Crippen LogP contribution < -0.4 is 0 Å². The Labute approximate surface area is 69.4 Å². The third-order valence-electron chi connectivity index (χ3n) is 2.07. The van der Waals surface area contributed by atoms with Gasteiger partial charge in [0.15, 0.2) is 0 Å². The van der Waals surface area contributed by atoms with Gasteiger partial charge in [0.05, 0.1) is 5.60 Å². The summed E-state index contributed by atoms with van der Waals surface area (Å²) in [5, 5.41) is 9.95. The lowest BCUT2D eigenvalue weighted by Crippen LogP contribution is -2.33. The Kier molecular flexibility index (Phi) is 4.12. The fourth-order valence-electron chi connectivity index (χ4n) is 1.05. The molecule has 0 spiro atoms. The van der Waals surface area contributed by atoms with Crippen molar-refractivity contribution in [2.24, 2.45) is 5.92 Å². The van der Waals surface area contributed by atoms with E-state index in [1.54, 1.807) is 12.2 Å². The van der Waals surface area contributed by atoms with E-state index in [1.807, 2.05) is 13.8 Å². The molecule has 0 aliphatic carbocycles. The first kappa shape index (κ1) is 10.4. The molecular formula is C10H18O. The molecule has 0 unspecified atom stereocenters. The lowest BCUT2D eigenvalue weighted by molar-refractivity contribution is 0.000754. The maximum absolute atomic E-state index is 9.95. The molecule has 0 aromatic carbocycles. The monoisotopic (exact) mass is 154 g/mol. The van der Waals surface area contributed by atoms with Gasteiger partial charge in [-0.2, -0.15) is 0 Å². The molecule has 1 heteroatoms. The van der Waals surface area contributed by atoms with Crippen molar-refractivity contribution in [1.82, 2.24) is 0 Å². The minimum atomic E-state index is -0.635. The van der Waals surface area contributed by atoms with E-state index in [-0.39, 0.29) is 5.92 Å². The molecule has 0 aliphatic heterocycles. The lowest BCUT2D eigenvalue weighted by atomic mass is 9.84. The van der Waals surface area contributed by atoms with Crippen LogP contribution in [-0.4, -0.2) is 10.7 Å². The van der Waals surface area contributed by atoms with E-state index in [2.05, 4.69) is 13.2 Å². The summed E-state index contributed by atoms with van der Waals surface area (Å²) in [5.41, 5.74) is -0.635. The summed E-state index contributed by atoms with van der Waals surface area (Å²) in [6, 6.07) is 0. The molecule has 11 heavy (non-hydrogen) atoms. The van der Waals surface area contributed by atoms with Gasteiger partial charge in [-0.15, -0.1) is 13.2 Å². The molecule has 0 bridgehead atoms. The zero-order valence-corrected chi connectivity index (χ0v) is 7.51. The molecule has 64 valence electrons. The van der Waals surface area contributed by atoms with Gasteiger partial charge in [-0.3, -0.25) is 0 Å². The zero-order chi connectivity index (χ0) is 8.91. The first-order chi connectivity index (χ1) is 5.06. The van der Waals surface area contributed by atoms with E-state index in [9.17, 15) is 5.11 Å². The Morgan fingerprint density at radius 2 is 1.64 bits per heavy atom. The molecule has 0 rings (SSSR count). The normalized spacial score (nSPS) is 11.6. The minimum absolute atomic E-state index is 0.249. The van der Waals surface area contributed by atoms with E-state index in [0.29, 0.717) is 12.8 Å². The van der Waals surface area contributed by atoms with Crippen LogP contribution in [0.4, 0.5) is 0 Å². The molecule has 0 radical (unpaired) electrons. The molecule has 0 aromatic rings. The molecule has 0 aromatic heterocycles. The summed E-state index contributed by atoms with van der Waals surface area (Å²) >= 11 is 0. The van der Waals surface area contributed by atoms with Crippen LogP contribution in [0.15, 0.2) is 25.3 Å². The van der Waals surface area contributed by atoms with Gasteiger partial charge in [-0.1, -0.05) is 26.0 Å². The second-order valence-electron chi connectivity index (χ2n) is 3.24. The van der Waals surface area contributed by atoms with Crippen molar-refractivity contribution >= 4 is 0 Å². The summed E-state index contributed by atoms with van der Waals surface area (Å²) < 4.78 is 0. The van der Waals surface area contributed by atoms with Gasteiger partial charge in [0.1, 0.15) is 0 Å². The van der Waals surface area contributed by atoms with E-state index in [1.165, 1.54) is 0 Å². The summed E-state index contributed by atoms with van der Waals surface area (Å²) in [6.45, 7) is 11.2. The second-order valence-corrected chi connectivity index (χ2v) is 3.24. The van der Waals surface area contributed by atoms with E-state index < -0.39 is 5.60 Å². The fraction of sp³-hybridized carbons (Fsp3) is 0.600. The summed E-state index contributed by atoms with van der Waals surface area (Å²) in [6.07, 6.45) is 4.78. The number of aliphatic hydroxyl groups is 1. The highest BCUT2D eigenvalue weighted by atomic mass is 16.3. The van der Waals surface area contributed by atoms with Gasteiger partial charge in [0.25, 0.3) is 0 Å². The smallest absolute Gasteiger partial charge is 0.0738 e. The number of rotatable bonds is 5. The molecular weight excluding hydrogens is 136 g/mol. The van der Waals surface area contributed by atoms with Crippen LogP contribution in [0.2, 0.25) is 0 Å². The van der Waals surface area contributed by atoms with E-state index in [4.69, 9.17) is 0 Å². The van der Waals surface area contributed by atoms with Gasteiger partial charge < -0.3 is 5.11 Å². The fourth-order valence-corrected chi connectivity index (χ4v) is 1.05. The van der Waals surface area contributed by atoms with Crippen molar-refractivity contribution in [3.05, 3.63) is 25.3 Å². The molecule has 0 heterocycles. The average molecular weight is 154 g/mol. The molecule has 0 fully saturated rings. The van der Waals surface area contributed by atoms with Crippen molar-refractivity contribution in [2.75, 3.05) is 0 Å². The van der Waals surface area contributed by atoms with Crippen LogP contribution in [0, 0.1) is 5.92 Å². The number of hydrogen-bond acceptors (Lipinski definition) is 1. The number of hydrogen-bond donors (Lipinski definition) is 1. The van der Waals surface area contributed by atoms with Crippen LogP contribution in [0.25, 0.3) is 0 Å². The summed E-state index contributed by atoms with van der Waals surface area (Å²) in [5.74, 6) is 0.249. The standard InChI is InChI=1S/C10H18O/c1-5-7-10(11,8-6-2)9(3)4/h5-6,9,11H,1-2,7-8H2,3-4H3. The minimum Gasteiger partial charge on any atom is -0.389 e. The van der Waals surface area contributed by atoms with Crippen LogP contribution in [-0.2, 0) is 0 Å². The van der Waals surface area contributed by atoms with Crippen molar-refractivity contribution in [1.29, 1.82) is 0 Å². The van der Waals surface area contributed by atoms with Crippen LogP contribution in [0.3, 0.4) is 0 Å². The van der Waals surface area contributed by atoms with E-state index >= 15 is 0 Å². The van der Waals surface area contributed by atoms with Crippen molar-refractivity contribution < 1.29 is 5.11 Å². The maximum Gasteiger partial charge on any atom is 0.0738 e. The van der Waals surface area contributed by atoms with Gasteiger partial charge in [0, 0.05) is 0 Å². The molecule has 0 amide bonds. The predicted molar refractivity (Wildman–Crippen MR) is 49.4 cm³/mol. The summed E-state index contributed by atoms with van der Waals surface area (Å²) in [4.78, 5) is 0. The quantitative estimate of drug-likeness (QED) is 0.603. The molecule has 0 aliphatic rings. The highest BCUT2D eigenvalue weighted by molar-refractivity contribution is 4.93. The van der Waals surface area contributed by atoms with Crippen molar-refractivity contribution in [3.8, 4) is 0 Å². The molecule has 0 saturated heterocycles. The predicted octanol–water partition coefficient (Wildman–Crippen LogP) is 2.53. The molecule has 0 saturated carbocycles. The zero-order valence-electron chi connectivity index (χ0n) is 7.51. The van der Waals surface area contributed by atoms with Crippen molar-refractivity contribution in [2.45, 2.75) is 32.3 Å². The van der Waals surface area contributed by atoms with Crippen LogP contribution in [0.1, 0.15) is 26.7 Å². The lowest BCUT2D eigenvalue weighted by Gasteiger charge is -2.29. The Morgan fingerprint density at radius 1 is 1.27 bits per heavy atom. The van der Waals surface area contributed by atoms with Crippen LogP contribution >= 0.6 is 0 Å². The van der Waals surface area contributed by atoms with Gasteiger partial charge >= 0.3 is 0 Å². The first-order valence-electron chi connectivity index (χ1n) is 4.01. The van der Waals surface area contributed by atoms with Gasteiger partial charge in [-0.05, 0) is 18.8 Å².